The molecule has 4 rings (SSSR count). The zero-order valence-corrected chi connectivity index (χ0v) is 17.3. The van der Waals surface area contributed by atoms with E-state index < -0.39 is 0 Å². The van der Waals surface area contributed by atoms with Crippen LogP contribution in [0, 0.1) is 5.92 Å². The molecule has 1 aliphatic rings. The molecule has 3 aromatic rings. The number of hydrogen-bond acceptors (Lipinski definition) is 4. The Hall–Kier alpha value is -3.12. The number of carbonyl (C=O) groups is 2. The molecule has 6 heteroatoms. The van der Waals surface area contributed by atoms with Crippen LogP contribution in [0.5, 0.6) is 0 Å². The van der Waals surface area contributed by atoms with Gasteiger partial charge in [0.15, 0.2) is 0 Å². The van der Waals surface area contributed by atoms with E-state index in [2.05, 4.69) is 15.6 Å². The van der Waals surface area contributed by atoms with Crippen LogP contribution in [-0.4, -0.2) is 16.8 Å². The van der Waals surface area contributed by atoms with Gasteiger partial charge in [0, 0.05) is 34.8 Å². The van der Waals surface area contributed by atoms with E-state index in [0.29, 0.717) is 12.1 Å². The molecule has 0 spiro atoms. The highest BCUT2D eigenvalue weighted by Crippen LogP contribution is 2.28. The first-order valence-electron chi connectivity index (χ1n) is 10.0. The van der Waals surface area contributed by atoms with E-state index in [4.69, 9.17) is 0 Å². The van der Waals surface area contributed by atoms with Crippen molar-refractivity contribution in [3.05, 3.63) is 84.1 Å². The lowest BCUT2D eigenvalue weighted by Crippen LogP contribution is -2.28. The van der Waals surface area contributed by atoms with Gasteiger partial charge >= 0.3 is 0 Å². The molecule has 0 aliphatic heterocycles. The van der Waals surface area contributed by atoms with Crippen molar-refractivity contribution in [2.24, 2.45) is 5.92 Å². The Morgan fingerprint density at radius 2 is 1.83 bits per heavy atom. The molecule has 152 valence electrons. The van der Waals surface area contributed by atoms with Gasteiger partial charge in [-0.25, -0.2) is 4.98 Å². The fraction of sp³-hybridized carbons (Fsp3) is 0.208. The number of hydrogen-bond donors (Lipinski definition) is 2. The first-order chi connectivity index (χ1) is 14.7. The maximum absolute atomic E-state index is 12.5. The summed E-state index contributed by atoms with van der Waals surface area (Å²) in [5.74, 6) is 0.103. The molecule has 0 bridgehead atoms. The maximum atomic E-state index is 12.5. The van der Waals surface area contributed by atoms with E-state index in [1.807, 2.05) is 66.7 Å². The number of nitrogens with one attached hydrogen (secondary N) is 2. The molecule has 2 amide bonds. The van der Waals surface area contributed by atoms with Crippen LogP contribution in [0.4, 0.5) is 5.69 Å². The highest BCUT2D eigenvalue weighted by Gasteiger charge is 2.25. The number of carbonyl (C=O) groups excluding carboxylic acids is 2. The number of pyridine rings is 1. The van der Waals surface area contributed by atoms with Crippen LogP contribution in [0.1, 0.15) is 35.2 Å². The Balaban J connectivity index is 1.31. The highest BCUT2D eigenvalue weighted by atomic mass is 32.2. The van der Waals surface area contributed by atoms with Crippen LogP contribution >= 0.6 is 11.8 Å². The summed E-state index contributed by atoms with van der Waals surface area (Å²) in [6, 6.07) is 20.9. The third-order valence-electron chi connectivity index (χ3n) is 5.10. The first-order valence-corrected chi connectivity index (χ1v) is 10.9. The molecule has 1 saturated carbocycles. The summed E-state index contributed by atoms with van der Waals surface area (Å²) >= 11 is 1.55. The fourth-order valence-electron chi connectivity index (χ4n) is 3.16. The SMILES string of the molecule is O=C(NCc1cccc(NC(=O)C2CCC2)c1)c1ccc(Sc2ccccn2)cc1. The number of aromatic nitrogens is 1. The van der Waals surface area contributed by atoms with E-state index in [0.717, 1.165) is 40.4 Å². The summed E-state index contributed by atoms with van der Waals surface area (Å²) in [7, 11) is 0. The van der Waals surface area contributed by atoms with Crippen LogP contribution in [-0.2, 0) is 11.3 Å². The summed E-state index contributed by atoms with van der Waals surface area (Å²) in [6.07, 6.45) is 4.84. The van der Waals surface area contributed by atoms with Gasteiger partial charge in [-0.3, -0.25) is 9.59 Å². The standard InChI is InChI=1S/C24H23N3O2S/c28-23(19-10-12-21(13-11-19)30-22-9-1-2-14-25-22)26-16-17-5-3-8-20(15-17)27-24(29)18-6-4-7-18/h1-3,5,8-15,18H,4,6-7,16H2,(H,26,28)(H,27,29). The average molecular weight is 418 g/mol. The van der Waals surface area contributed by atoms with Crippen LogP contribution in [0.25, 0.3) is 0 Å². The van der Waals surface area contributed by atoms with Gasteiger partial charge in [-0.15, -0.1) is 0 Å². The van der Waals surface area contributed by atoms with Gasteiger partial charge in [-0.1, -0.05) is 36.4 Å². The second-order valence-corrected chi connectivity index (χ2v) is 8.39. The smallest absolute Gasteiger partial charge is 0.251 e. The van der Waals surface area contributed by atoms with Gasteiger partial charge < -0.3 is 10.6 Å². The number of nitrogens with zero attached hydrogens (tertiary/aromatic N) is 1. The van der Waals surface area contributed by atoms with E-state index in [1.54, 1.807) is 18.0 Å². The number of benzene rings is 2. The lowest BCUT2D eigenvalue weighted by atomic mass is 9.85. The monoisotopic (exact) mass is 417 g/mol. The van der Waals surface area contributed by atoms with E-state index in [1.165, 1.54) is 0 Å². The number of rotatable bonds is 7. The lowest BCUT2D eigenvalue weighted by molar-refractivity contribution is -0.122. The molecule has 0 atom stereocenters. The van der Waals surface area contributed by atoms with E-state index >= 15 is 0 Å². The third kappa shape index (κ3) is 5.27. The molecule has 0 radical (unpaired) electrons. The fourth-order valence-corrected chi connectivity index (χ4v) is 3.93. The van der Waals surface area contributed by atoms with Gasteiger partial charge in [-0.2, -0.15) is 0 Å². The van der Waals surface area contributed by atoms with Gasteiger partial charge in [0.1, 0.15) is 5.03 Å². The van der Waals surface area contributed by atoms with Crippen molar-refractivity contribution in [1.82, 2.24) is 10.3 Å². The molecule has 2 aromatic carbocycles. The van der Waals surface area contributed by atoms with Gasteiger partial charge in [-0.05, 0) is 66.9 Å². The molecule has 1 aliphatic carbocycles. The molecule has 0 saturated heterocycles. The number of anilines is 1. The zero-order chi connectivity index (χ0) is 20.8. The minimum absolute atomic E-state index is 0.0890. The largest absolute Gasteiger partial charge is 0.348 e. The first kappa shape index (κ1) is 20.2. The topological polar surface area (TPSA) is 71.1 Å². The molecule has 1 fully saturated rings. The summed E-state index contributed by atoms with van der Waals surface area (Å²) in [5.41, 5.74) is 2.32. The number of amides is 2. The van der Waals surface area contributed by atoms with Crippen molar-refractivity contribution in [3.8, 4) is 0 Å². The second-order valence-electron chi connectivity index (χ2n) is 7.29. The summed E-state index contributed by atoms with van der Waals surface area (Å²) in [6.45, 7) is 0.399. The van der Waals surface area contributed by atoms with Crippen LogP contribution in [0.3, 0.4) is 0 Å². The van der Waals surface area contributed by atoms with Crippen LogP contribution in [0.15, 0.2) is 82.8 Å². The van der Waals surface area contributed by atoms with Crippen LogP contribution < -0.4 is 10.6 Å². The molecular formula is C24H23N3O2S. The van der Waals surface area contributed by atoms with Crippen molar-refractivity contribution in [1.29, 1.82) is 0 Å². The molecule has 30 heavy (non-hydrogen) atoms. The third-order valence-corrected chi connectivity index (χ3v) is 6.06. The van der Waals surface area contributed by atoms with Gasteiger partial charge in [0.05, 0.1) is 0 Å². The quantitative estimate of drug-likeness (QED) is 0.573. The molecule has 0 unspecified atom stereocenters. The Morgan fingerprint density at radius 1 is 1.00 bits per heavy atom. The summed E-state index contributed by atoms with van der Waals surface area (Å²) in [5, 5.41) is 6.83. The highest BCUT2D eigenvalue weighted by molar-refractivity contribution is 7.99. The van der Waals surface area contributed by atoms with E-state index in [-0.39, 0.29) is 17.7 Å². The predicted molar refractivity (Wildman–Crippen MR) is 118 cm³/mol. The summed E-state index contributed by atoms with van der Waals surface area (Å²) in [4.78, 5) is 29.9. The Kier molecular flexibility index (Phi) is 6.44. The molecule has 1 heterocycles. The van der Waals surface area contributed by atoms with Crippen molar-refractivity contribution < 1.29 is 9.59 Å². The average Bonchev–Trinajstić information content (AvgIpc) is 2.72. The summed E-state index contributed by atoms with van der Waals surface area (Å²) < 4.78 is 0. The van der Waals surface area contributed by atoms with Gasteiger partial charge in [0.25, 0.3) is 5.91 Å². The van der Waals surface area contributed by atoms with Crippen molar-refractivity contribution >= 4 is 29.3 Å². The minimum Gasteiger partial charge on any atom is -0.348 e. The predicted octanol–water partition coefficient (Wildman–Crippen LogP) is 4.90. The Bertz CT molecular complexity index is 1020. The van der Waals surface area contributed by atoms with Crippen molar-refractivity contribution in [2.45, 2.75) is 35.7 Å². The Labute approximate surface area is 180 Å². The molecule has 5 nitrogen and oxygen atoms in total. The minimum atomic E-state index is -0.131. The normalized spacial score (nSPS) is 13.3. The van der Waals surface area contributed by atoms with Crippen molar-refractivity contribution in [2.75, 3.05) is 5.32 Å². The molecule has 2 N–H and O–H groups in total. The second kappa shape index (κ2) is 9.59. The zero-order valence-electron chi connectivity index (χ0n) is 16.5. The maximum Gasteiger partial charge on any atom is 0.251 e. The molecular weight excluding hydrogens is 394 g/mol. The van der Waals surface area contributed by atoms with E-state index in [9.17, 15) is 9.59 Å². The van der Waals surface area contributed by atoms with Crippen molar-refractivity contribution in [3.63, 3.8) is 0 Å². The van der Waals surface area contributed by atoms with Gasteiger partial charge in [0.2, 0.25) is 5.91 Å². The Morgan fingerprint density at radius 3 is 2.53 bits per heavy atom. The lowest BCUT2D eigenvalue weighted by Gasteiger charge is -2.24. The molecule has 1 aromatic heterocycles. The van der Waals surface area contributed by atoms with Crippen LogP contribution in [0.2, 0.25) is 0 Å².